The van der Waals surface area contributed by atoms with Crippen molar-refractivity contribution in [1.29, 1.82) is 0 Å². The fraction of sp³-hybridized carbons (Fsp3) is 0.308. The van der Waals surface area contributed by atoms with Gasteiger partial charge in [0, 0.05) is 6.42 Å². The molecule has 2 aromatic heterocycles. The van der Waals surface area contributed by atoms with Crippen molar-refractivity contribution in [3.05, 3.63) is 33.5 Å². The van der Waals surface area contributed by atoms with Crippen molar-refractivity contribution in [2.24, 2.45) is 0 Å². The number of aromatic nitrogens is 3. The normalized spacial score (nSPS) is 9.90. The van der Waals surface area contributed by atoms with Gasteiger partial charge in [-0.05, 0) is 18.6 Å². The Morgan fingerprint density at radius 1 is 1.60 bits per heavy atom. The molecule has 1 amide bonds. The fourth-order valence-electron chi connectivity index (χ4n) is 1.48. The SMILES string of the molecule is Cc1cc(C(=O)NCc2ncn[nH]2)sc1C#CCCO. The van der Waals surface area contributed by atoms with E-state index in [0.29, 0.717) is 23.7 Å². The molecule has 2 aromatic rings. The van der Waals surface area contributed by atoms with Gasteiger partial charge in [-0.3, -0.25) is 9.89 Å². The lowest BCUT2D eigenvalue weighted by Crippen LogP contribution is -2.22. The van der Waals surface area contributed by atoms with Crippen LogP contribution in [-0.2, 0) is 6.54 Å². The summed E-state index contributed by atoms with van der Waals surface area (Å²) in [6, 6.07) is 1.81. The number of amides is 1. The van der Waals surface area contributed by atoms with Crippen LogP contribution >= 0.6 is 11.3 Å². The number of aliphatic hydroxyl groups excluding tert-OH is 1. The molecule has 0 aliphatic carbocycles. The van der Waals surface area contributed by atoms with Crippen LogP contribution in [0.3, 0.4) is 0 Å². The van der Waals surface area contributed by atoms with Gasteiger partial charge in [-0.2, -0.15) is 5.10 Å². The topological polar surface area (TPSA) is 90.9 Å². The first-order valence-corrected chi connectivity index (χ1v) is 6.85. The predicted molar refractivity (Wildman–Crippen MR) is 75.2 cm³/mol. The molecule has 6 nitrogen and oxygen atoms in total. The summed E-state index contributed by atoms with van der Waals surface area (Å²) in [6.45, 7) is 2.26. The number of aromatic amines is 1. The van der Waals surface area contributed by atoms with Gasteiger partial charge in [0.2, 0.25) is 0 Å². The van der Waals surface area contributed by atoms with Gasteiger partial charge in [-0.15, -0.1) is 11.3 Å². The first-order chi connectivity index (χ1) is 9.70. The highest BCUT2D eigenvalue weighted by Gasteiger charge is 2.11. The summed E-state index contributed by atoms with van der Waals surface area (Å²) in [7, 11) is 0. The van der Waals surface area contributed by atoms with Crippen LogP contribution in [0, 0.1) is 18.8 Å². The van der Waals surface area contributed by atoms with Gasteiger partial charge >= 0.3 is 0 Å². The molecule has 0 saturated carbocycles. The third kappa shape index (κ3) is 3.66. The summed E-state index contributed by atoms with van der Waals surface area (Å²) in [5.74, 6) is 6.26. The van der Waals surface area contributed by atoms with Crippen LogP contribution < -0.4 is 5.32 Å². The number of hydrogen-bond donors (Lipinski definition) is 3. The molecule has 20 heavy (non-hydrogen) atoms. The lowest BCUT2D eigenvalue weighted by atomic mass is 10.2. The zero-order valence-electron chi connectivity index (χ0n) is 10.9. The average molecular weight is 290 g/mol. The van der Waals surface area contributed by atoms with Gasteiger partial charge in [0.1, 0.15) is 12.2 Å². The molecule has 0 aliphatic rings. The zero-order chi connectivity index (χ0) is 14.4. The molecule has 0 unspecified atom stereocenters. The number of carbonyl (C=O) groups excluding carboxylic acids is 1. The van der Waals surface area contributed by atoms with Crippen molar-refractivity contribution in [3.63, 3.8) is 0 Å². The number of rotatable bonds is 4. The van der Waals surface area contributed by atoms with Crippen molar-refractivity contribution >= 4 is 17.2 Å². The number of nitrogens with one attached hydrogen (secondary N) is 2. The lowest BCUT2D eigenvalue weighted by Gasteiger charge is -1.99. The Morgan fingerprint density at radius 2 is 2.45 bits per heavy atom. The standard InChI is InChI=1S/C13H14N4O2S/c1-9-6-11(20-10(9)4-2-3-5-18)13(19)14-7-12-15-8-16-17-12/h6,8,18H,3,5,7H2,1H3,(H,14,19)(H,15,16,17). The number of nitrogens with zero attached hydrogens (tertiary/aromatic N) is 2. The lowest BCUT2D eigenvalue weighted by molar-refractivity contribution is 0.0954. The molecule has 0 aromatic carbocycles. The van der Waals surface area contributed by atoms with Gasteiger partial charge in [0.05, 0.1) is 22.9 Å². The average Bonchev–Trinajstić information content (AvgIpc) is 3.07. The Bertz CT molecular complexity index is 637. The Balaban J connectivity index is 2.00. The highest BCUT2D eigenvalue weighted by Crippen LogP contribution is 2.20. The van der Waals surface area contributed by atoms with E-state index in [-0.39, 0.29) is 12.5 Å². The minimum atomic E-state index is -0.162. The van der Waals surface area contributed by atoms with Crippen LogP contribution in [0.15, 0.2) is 12.4 Å². The number of thiophene rings is 1. The molecule has 104 valence electrons. The predicted octanol–water partition coefficient (Wildman–Crippen LogP) is 0.839. The van der Waals surface area contributed by atoms with Crippen molar-refractivity contribution in [1.82, 2.24) is 20.5 Å². The molecule has 2 rings (SSSR count). The van der Waals surface area contributed by atoms with Crippen LogP contribution in [0.4, 0.5) is 0 Å². The molecule has 7 heteroatoms. The van der Waals surface area contributed by atoms with Gasteiger partial charge in [-0.1, -0.05) is 11.8 Å². The highest BCUT2D eigenvalue weighted by molar-refractivity contribution is 7.14. The quantitative estimate of drug-likeness (QED) is 0.728. The summed E-state index contributed by atoms with van der Waals surface area (Å²) >= 11 is 1.34. The van der Waals surface area contributed by atoms with Crippen molar-refractivity contribution < 1.29 is 9.90 Å². The summed E-state index contributed by atoms with van der Waals surface area (Å²) in [4.78, 5) is 17.4. The minimum Gasteiger partial charge on any atom is -0.395 e. The molecular formula is C13H14N4O2S. The second kappa shape index (κ2) is 6.84. The third-order valence-corrected chi connectivity index (χ3v) is 3.61. The zero-order valence-corrected chi connectivity index (χ0v) is 11.8. The Hall–Kier alpha value is -2.17. The van der Waals surface area contributed by atoms with Crippen LogP contribution in [0.25, 0.3) is 0 Å². The van der Waals surface area contributed by atoms with Gasteiger partial charge < -0.3 is 10.4 Å². The van der Waals surface area contributed by atoms with Gasteiger partial charge in [0.25, 0.3) is 5.91 Å². The summed E-state index contributed by atoms with van der Waals surface area (Å²) in [6.07, 6.45) is 1.83. The molecule has 0 aliphatic heterocycles. The first kappa shape index (κ1) is 14.2. The molecule has 0 atom stereocenters. The molecule has 3 N–H and O–H groups in total. The van der Waals surface area contributed by atoms with Crippen molar-refractivity contribution in [2.75, 3.05) is 6.61 Å². The molecule has 0 saturated heterocycles. The van der Waals surface area contributed by atoms with Crippen LogP contribution in [0.2, 0.25) is 0 Å². The Kier molecular flexibility index (Phi) is 4.87. The van der Waals surface area contributed by atoms with Gasteiger partial charge in [-0.25, -0.2) is 4.98 Å². The third-order valence-electron chi connectivity index (χ3n) is 2.46. The molecule has 0 radical (unpaired) electrons. The van der Waals surface area contributed by atoms with Crippen molar-refractivity contribution in [2.45, 2.75) is 19.9 Å². The second-order valence-electron chi connectivity index (χ2n) is 4.01. The van der Waals surface area contributed by atoms with E-state index in [1.54, 1.807) is 0 Å². The number of carbonyl (C=O) groups is 1. The maximum atomic E-state index is 12.0. The van der Waals surface area contributed by atoms with Gasteiger partial charge in [0.15, 0.2) is 0 Å². The largest absolute Gasteiger partial charge is 0.395 e. The summed E-state index contributed by atoms with van der Waals surface area (Å²) in [5, 5.41) is 17.8. The van der Waals surface area contributed by atoms with Crippen LogP contribution in [0.1, 0.15) is 32.4 Å². The van der Waals surface area contributed by atoms with Crippen molar-refractivity contribution in [3.8, 4) is 11.8 Å². The highest BCUT2D eigenvalue weighted by atomic mass is 32.1. The smallest absolute Gasteiger partial charge is 0.261 e. The second-order valence-corrected chi connectivity index (χ2v) is 5.07. The summed E-state index contributed by atoms with van der Waals surface area (Å²) < 4.78 is 0. The number of aliphatic hydroxyl groups is 1. The summed E-state index contributed by atoms with van der Waals surface area (Å²) in [5.41, 5.74) is 0.963. The molecule has 0 fully saturated rings. The van der Waals surface area contributed by atoms with E-state index >= 15 is 0 Å². The van der Waals surface area contributed by atoms with E-state index in [9.17, 15) is 4.79 Å². The van der Waals surface area contributed by atoms with Crippen LogP contribution in [0.5, 0.6) is 0 Å². The maximum Gasteiger partial charge on any atom is 0.261 e. The monoisotopic (exact) mass is 290 g/mol. The molecule has 0 spiro atoms. The Morgan fingerprint density at radius 3 is 3.15 bits per heavy atom. The minimum absolute atomic E-state index is 0.0436. The number of hydrogen-bond acceptors (Lipinski definition) is 5. The molecule has 0 bridgehead atoms. The van der Waals surface area contributed by atoms with E-state index in [0.717, 1.165) is 10.4 Å². The van der Waals surface area contributed by atoms with Crippen LogP contribution in [-0.4, -0.2) is 32.8 Å². The Labute approximate surface area is 120 Å². The number of aryl methyl sites for hydroxylation is 1. The van der Waals surface area contributed by atoms with E-state index in [1.807, 2.05) is 13.0 Å². The van der Waals surface area contributed by atoms with E-state index in [1.165, 1.54) is 17.7 Å². The molecular weight excluding hydrogens is 276 g/mol. The first-order valence-electron chi connectivity index (χ1n) is 6.03. The van der Waals surface area contributed by atoms with E-state index in [2.05, 4.69) is 32.3 Å². The maximum absolute atomic E-state index is 12.0. The van der Waals surface area contributed by atoms with E-state index < -0.39 is 0 Å². The fourth-order valence-corrected chi connectivity index (χ4v) is 2.45. The number of H-pyrrole nitrogens is 1. The molecule has 2 heterocycles. The van der Waals surface area contributed by atoms with E-state index in [4.69, 9.17) is 5.11 Å².